The number of Topliss-reactive ketones (excluding diaryl/α,β-unsaturated/α-hetero) is 1. The first-order valence-corrected chi connectivity index (χ1v) is 10.8. The molecule has 6 nitrogen and oxygen atoms in total. The molecule has 1 N–H and O–H groups in total. The van der Waals surface area contributed by atoms with Crippen LogP contribution in [-0.4, -0.2) is 37.1 Å². The fourth-order valence-electron chi connectivity index (χ4n) is 3.92. The summed E-state index contributed by atoms with van der Waals surface area (Å²) in [5, 5.41) is 4.57. The maximum absolute atomic E-state index is 13.3. The van der Waals surface area contributed by atoms with Crippen molar-refractivity contribution < 1.29 is 14.3 Å². The Kier molecular flexibility index (Phi) is 6.27. The van der Waals surface area contributed by atoms with Crippen LogP contribution in [0.5, 0.6) is 11.5 Å². The van der Waals surface area contributed by atoms with E-state index in [9.17, 15) is 4.79 Å². The summed E-state index contributed by atoms with van der Waals surface area (Å²) in [5.41, 5.74) is 6.29. The van der Waals surface area contributed by atoms with Crippen LogP contribution in [0.15, 0.2) is 82.9 Å². The summed E-state index contributed by atoms with van der Waals surface area (Å²) in [6.07, 6.45) is 0.742. The molecule has 0 atom stereocenters. The number of carbonyl (C=O) groups is 1. The molecule has 0 saturated carbocycles. The van der Waals surface area contributed by atoms with Gasteiger partial charge < -0.3 is 9.47 Å². The van der Waals surface area contributed by atoms with Crippen molar-refractivity contribution in [1.82, 2.24) is 5.43 Å². The Hall–Kier alpha value is -3.93. The van der Waals surface area contributed by atoms with Gasteiger partial charge in [0.15, 0.2) is 11.5 Å². The van der Waals surface area contributed by atoms with E-state index in [-0.39, 0.29) is 11.3 Å². The summed E-state index contributed by atoms with van der Waals surface area (Å²) in [5.74, 6) is 1.69. The number of ether oxygens (including phenoxy) is 2. The van der Waals surface area contributed by atoms with Gasteiger partial charge in [-0.2, -0.15) is 5.10 Å². The van der Waals surface area contributed by atoms with Crippen molar-refractivity contribution in [2.45, 2.75) is 25.8 Å². The molecule has 3 aromatic carbocycles. The topological polar surface area (TPSA) is 72.3 Å². The summed E-state index contributed by atoms with van der Waals surface area (Å²) in [6, 6.07) is 22.4. The average Bonchev–Trinajstić information content (AvgIpc) is 2.83. The van der Waals surface area contributed by atoms with Gasteiger partial charge in [0.2, 0.25) is 5.78 Å². The van der Waals surface area contributed by atoms with Gasteiger partial charge in [-0.3, -0.25) is 15.2 Å². The number of fused-ring (bicyclic) bond motifs is 1. The van der Waals surface area contributed by atoms with Crippen LogP contribution in [0.4, 0.5) is 0 Å². The van der Waals surface area contributed by atoms with Crippen molar-refractivity contribution in [1.29, 1.82) is 0 Å². The van der Waals surface area contributed by atoms with Crippen LogP contribution in [0.3, 0.4) is 0 Å². The molecule has 0 amide bonds. The Balaban J connectivity index is 1.77. The highest BCUT2D eigenvalue weighted by Gasteiger charge is 2.29. The number of hydrogen-bond acceptors (Lipinski definition) is 6. The second-order valence-corrected chi connectivity index (χ2v) is 8.45. The minimum atomic E-state index is -0.346. The second kappa shape index (κ2) is 9.28. The van der Waals surface area contributed by atoms with E-state index < -0.39 is 0 Å². The largest absolute Gasteiger partial charge is 0.493 e. The van der Waals surface area contributed by atoms with E-state index in [0.717, 1.165) is 23.1 Å². The molecule has 0 aromatic heterocycles. The van der Waals surface area contributed by atoms with Crippen LogP contribution in [-0.2, 0) is 6.42 Å². The summed E-state index contributed by atoms with van der Waals surface area (Å²) in [4.78, 5) is 18.2. The molecule has 1 heterocycles. The van der Waals surface area contributed by atoms with Crippen LogP contribution >= 0.6 is 0 Å². The van der Waals surface area contributed by atoms with Crippen LogP contribution in [0.2, 0.25) is 0 Å². The molecule has 0 saturated heterocycles. The minimum absolute atomic E-state index is 0.169. The third kappa shape index (κ3) is 4.80. The molecule has 0 aliphatic carbocycles. The Bertz CT molecular complexity index is 1220. The molecule has 0 bridgehead atoms. The predicted molar refractivity (Wildman–Crippen MR) is 131 cm³/mol. The smallest absolute Gasteiger partial charge is 0.213 e. The number of aliphatic imine (C=N–C) groups is 1. The summed E-state index contributed by atoms with van der Waals surface area (Å²) >= 11 is 0. The number of nitrogens with one attached hydrogen (secondary N) is 1. The molecule has 0 radical (unpaired) electrons. The van der Waals surface area contributed by atoms with E-state index in [1.54, 1.807) is 26.4 Å². The molecular formula is C27H27N3O3. The number of nitrogens with zero attached hydrogens (tertiary/aromatic N) is 2. The lowest BCUT2D eigenvalue weighted by atomic mass is 9.88. The fraction of sp³-hybridized carbons (Fsp3) is 0.222. The lowest BCUT2D eigenvalue weighted by molar-refractivity contribution is 0.106. The van der Waals surface area contributed by atoms with Gasteiger partial charge >= 0.3 is 0 Å². The number of hydrazone groups is 1. The van der Waals surface area contributed by atoms with E-state index in [4.69, 9.17) is 14.5 Å². The zero-order valence-corrected chi connectivity index (χ0v) is 19.3. The highest BCUT2D eigenvalue weighted by Crippen LogP contribution is 2.35. The Morgan fingerprint density at radius 1 is 0.909 bits per heavy atom. The normalized spacial score (nSPS) is 14.7. The molecule has 4 rings (SSSR count). The van der Waals surface area contributed by atoms with Crippen molar-refractivity contribution >= 4 is 17.3 Å². The van der Waals surface area contributed by atoms with Gasteiger partial charge in [-0.25, -0.2) is 0 Å². The monoisotopic (exact) mass is 441 g/mol. The zero-order chi connectivity index (χ0) is 23.4. The molecule has 168 valence electrons. The van der Waals surface area contributed by atoms with Gasteiger partial charge in [0, 0.05) is 16.7 Å². The third-order valence-corrected chi connectivity index (χ3v) is 5.47. The van der Waals surface area contributed by atoms with Crippen molar-refractivity contribution in [3.05, 3.63) is 95.1 Å². The van der Waals surface area contributed by atoms with Gasteiger partial charge in [-0.05, 0) is 38.0 Å². The highest BCUT2D eigenvalue weighted by molar-refractivity contribution is 6.51. The zero-order valence-electron chi connectivity index (χ0n) is 19.3. The first kappa shape index (κ1) is 22.3. The molecular weight excluding hydrogens is 414 g/mol. The Morgan fingerprint density at radius 2 is 1.48 bits per heavy atom. The maximum Gasteiger partial charge on any atom is 0.213 e. The first-order chi connectivity index (χ1) is 15.9. The quantitative estimate of drug-likeness (QED) is 0.343. The SMILES string of the molecule is COc1cc2c(cc1OC)C(NN=C(C(=O)c1ccccc1)c1ccccc1)=NC(C)(C)C2. The summed E-state index contributed by atoms with van der Waals surface area (Å²) in [7, 11) is 3.22. The van der Waals surface area contributed by atoms with Crippen LogP contribution in [0.1, 0.15) is 40.9 Å². The van der Waals surface area contributed by atoms with Crippen molar-refractivity contribution in [3.8, 4) is 11.5 Å². The molecule has 0 unspecified atom stereocenters. The number of benzene rings is 3. The molecule has 3 aromatic rings. The fourth-order valence-corrected chi connectivity index (χ4v) is 3.92. The highest BCUT2D eigenvalue weighted by atomic mass is 16.5. The van der Waals surface area contributed by atoms with Gasteiger partial charge in [0.05, 0.1) is 19.8 Å². The second-order valence-electron chi connectivity index (χ2n) is 8.45. The Labute approximate surface area is 194 Å². The number of carbonyl (C=O) groups excluding carboxylic acids is 1. The molecule has 0 fully saturated rings. The molecule has 1 aliphatic rings. The van der Waals surface area contributed by atoms with Crippen LogP contribution in [0, 0.1) is 0 Å². The van der Waals surface area contributed by atoms with Crippen molar-refractivity contribution in [3.63, 3.8) is 0 Å². The standard InChI is InChI=1S/C27H27N3O3/c1-27(2)17-20-15-22(32-3)23(33-4)16-21(20)26(28-27)30-29-24(18-11-7-5-8-12-18)25(31)19-13-9-6-10-14-19/h5-16H,17H2,1-4H3,(H,28,30). The van der Waals surface area contributed by atoms with E-state index in [0.29, 0.717) is 28.6 Å². The lowest BCUT2D eigenvalue weighted by Gasteiger charge is -2.29. The Morgan fingerprint density at radius 3 is 2.09 bits per heavy atom. The van der Waals surface area contributed by atoms with E-state index in [1.807, 2.05) is 60.7 Å². The molecule has 1 aliphatic heterocycles. The van der Waals surface area contributed by atoms with Gasteiger partial charge in [-0.1, -0.05) is 60.7 Å². The van der Waals surface area contributed by atoms with Crippen LogP contribution in [0.25, 0.3) is 0 Å². The van der Waals surface area contributed by atoms with E-state index in [1.165, 1.54) is 0 Å². The molecule has 33 heavy (non-hydrogen) atoms. The number of ketones is 1. The number of rotatable bonds is 6. The summed E-state index contributed by atoms with van der Waals surface area (Å²) < 4.78 is 11.0. The van der Waals surface area contributed by atoms with Gasteiger partial charge in [-0.15, -0.1) is 0 Å². The number of methoxy groups -OCH3 is 2. The van der Waals surface area contributed by atoms with Crippen LogP contribution < -0.4 is 14.9 Å². The third-order valence-electron chi connectivity index (χ3n) is 5.47. The molecule has 0 spiro atoms. The van der Waals surface area contributed by atoms with E-state index >= 15 is 0 Å². The van der Waals surface area contributed by atoms with Gasteiger partial charge in [0.25, 0.3) is 0 Å². The lowest BCUT2D eigenvalue weighted by Crippen LogP contribution is -2.35. The predicted octanol–water partition coefficient (Wildman–Crippen LogP) is 4.66. The first-order valence-electron chi connectivity index (χ1n) is 10.8. The maximum atomic E-state index is 13.3. The summed E-state index contributed by atoms with van der Waals surface area (Å²) in [6.45, 7) is 4.12. The number of amidine groups is 1. The van der Waals surface area contributed by atoms with Gasteiger partial charge in [0.1, 0.15) is 11.5 Å². The number of hydrogen-bond donors (Lipinski definition) is 1. The molecule has 6 heteroatoms. The average molecular weight is 442 g/mol. The minimum Gasteiger partial charge on any atom is -0.493 e. The van der Waals surface area contributed by atoms with Crippen molar-refractivity contribution in [2.75, 3.05) is 14.2 Å². The van der Waals surface area contributed by atoms with Crippen molar-refractivity contribution in [2.24, 2.45) is 10.1 Å². The van der Waals surface area contributed by atoms with E-state index in [2.05, 4.69) is 24.4 Å².